The Morgan fingerprint density at radius 1 is 1.03 bits per heavy atom. The third-order valence-corrected chi connectivity index (χ3v) is 5.97. The van der Waals surface area contributed by atoms with Crippen LogP contribution in [-0.2, 0) is 0 Å². The lowest BCUT2D eigenvalue weighted by atomic mass is 10.1. The number of piperidine rings is 1. The second kappa shape index (κ2) is 9.11. The summed E-state index contributed by atoms with van der Waals surface area (Å²) in [6.45, 7) is 3.99. The molecule has 0 aliphatic carbocycles. The van der Waals surface area contributed by atoms with Gasteiger partial charge in [-0.3, -0.25) is 0 Å². The normalized spacial score (nSPS) is 14.3. The Morgan fingerprint density at radius 2 is 1.94 bits per heavy atom. The van der Waals surface area contributed by atoms with Gasteiger partial charge in [-0.2, -0.15) is 5.10 Å². The average molecular weight is 469 g/mol. The first-order chi connectivity index (χ1) is 17.2. The summed E-state index contributed by atoms with van der Waals surface area (Å²) in [5.41, 5.74) is 3.91. The second-order valence-corrected chi connectivity index (χ2v) is 8.45. The van der Waals surface area contributed by atoms with E-state index in [1.165, 1.54) is 12.7 Å². The average Bonchev–Trinajstić information content (AvgIpc) is 3.35. The summed E-state index contributed by atoms with van der Waals surface area (Å²) in [6.07, 6.45) is 8.65. The number of nitrogens with one attached hydrogen (secondary N) is 3. The van der Waals surface area contributed by atoms with Gasteiger partial charge in [0.25, 0.3) is 0 Å². The molecule has 0 bridgehead atoms. The highest BCUT2D eigenvalue weighted by atomic mass is 16.5. The van der Waals surface area contributed by atoms with Crippen LogP contribution in [-0.4, -0.2) is 53.7 Å². The van der Waals surface area contributed by atoms with Crippen LogP contribution in [0.15, 0.2) is 55.4 Å². The molecule has 5 heterocycles. The Morgan fingerprint density at radius 3 is 2.83 bits per heavy atom. The fourth-order valence-electron chi connectivity index (χ4n) is 4.13. The van der Waals surface area contributed by atoms with Gasteiger partial charge >= 0.3 is 0 Å². The molecule has 11 nitrogen and oxygen atoms in total. The van der Waals surface area contributed by atoms with E-state index in [0.717, 1.165) is 48.6 Å². The number of aryl methyl sites for hydroxylation is 1. The Hall–Kier alpha value is -4.38. The number of fused-ring (bicyclic) bond motifs is 2. The van der Waals surface area contributed by atoms with Gasteiger partial charge in [0.2, 0.25) is 5.95 Å². The van der Waals surface area contributed by atoms with Gasteiger partial charge in [0, 0.05) is 24.0 Å². The van der Waals surface area contributed by atoms with Crippen LogP contribution in [0.3, 0.4) is 0 Å². The van der Waals surface area contributed by atoms with Gasteiger partial charge in [-0.25, -0.2) is 29.4 Å². The van der Waals surface area contributed by atoms with Gasteiger partial charge in [0.15, 0.2) is 11.5 Å². The molecule has 3 N–H and O–H groups in total. The number of benzene rings is 1. The Balaban J connectivity index is 1.22. The third kappa shape index (κ3) is 4.53. The first-order valence-electron chi connectivity index (χ1n) is 11.5. The summed E-state index contributed by atoms with van der Waals surface area (Å²) < 4.78 is 7.77. The highest BCUT2D eigenvalue weighted by Gasteiger charge is 2.15. The first-order valence-corrected chi connectivity index (χ1v) is 11.5. The molecule has 1 aliphatic heterocycles. The minimum absolute atomic E-state index is 0.357. The standard InChI is InChI=1S/C24H24N10O/c1-15-10-17(2-3-20(15)35-18-6-9-34-21(11-18)28-14-30-34)31-23-22-19(27-13-29-23)12-26-24(33-22)32-16-4-7-25-8-5-16/h2-3,6,9-14,16,25H,4-5,7-8H2,1H3,(H,26,32,33)(H,27,29,31). The van der Waals surface area contributed by atoms with E-state index in [4.69, 9.17) is 9.72 Å². The van der Waals surface area contributed by atoms with Gasteiger partial charge < -0.3 is 20.7 Å². The monoisotopic (exact) mass is 468 g/mol. The number of rotatable bonds is 6. The third-order valence-electron chi connectivity index (χ3n) is 5.97. The summed E-state index contributed by atoms with van der Waals surface area (Å²) >= 11 is 0. The molecule has 176 valence electrons. The van der Waals surface area contributed by atoms with Crippen LogP contribution < -0.4 is 20.7 Å². The van der Waals surface area contributed by atoms with Gasteiger partial charge in [0.1, 0.15) is 35.2 Å². The zero-order valence-electron chi connectivity index (χ0n) is 19.1. The van der Waals surface area contributed by atoms with Crippen LogP contribution in [0.5, 0.6) is 11.5 Å². The van der Waals surface area contributed by atoms with Gasteiger partial charge in [-0.15, -0.1) is 0 Å². The van der Waals surface area contributed by atoms with Crippen molar-refractivity contribution in [2.24, 2.45) is 0 Å². The first kappa shape index (κ1) is 21.2. The van der Waals surface area contributed by atoms with Crippen molar-refractivity contribution in [3.63, 3.8) is 0 Å². The van der Waals surface area contributed by atoms with Crippen molar-refractivity contribution in [1.29, 1.82) is 0 Å². The minimum atomic E-state index is 0.357. The second-order valence-electron chi connectivity index (χ2n) is 8.45. The zero-order valence-corrected chi connectivity index (χ0v) is 19.1. The molecule has 1 aliphatic rings. The summed E-state index contributed by atoms with van der Waals surface area (Å²) in [7, 11) is 0. The van der Waals surface area contributed by atoms with E-state index >= 15 is 0 Å². The van der Waals surface area contributed by atoms with Crippen LogP contribution in [0.25, 0.3) is 16.7 Å². The lowest BCUT2D eigenvalue weighted by Gasteiger charge is -2.23. The molecule has 11 heteroatoms. The Bertz CT molecular complexity index is 1490. The minimum Gasteiger partial charge on any atom is -0.457 e. The van der Waals surface area contributed by atoms with Crippen molar-refractivity contribution < 1.29 is 4.74 Å². The topological polar surface area (TPSA) is 127 Å². The molecule has 35 heavy (non-hydrogen) atoms. The number of nitrogens with zero attached hydrogens (tertiary/aromatic N) is 7. The predicted molar refractivity (Wildman–Crippen MR) is 132 cm³/mol. The summed E-state index contributed by atoms with van der Waals surface area (Å²) in [5, 5.41) is 14.3. The molecule has 0 saturated carbocycles. The lowest BCUT2D eigenvalue weighted by Crippen LogP contribution is -2.35. The number of hydrogen-bond donors (Lipinski definition) is 3. The largest absolute Gasteiger partial charge is 0.457 e. The Kier molecular flexibility index (Phi) is 5.51. The zero-order chi connectivity index (χ0) is 23.6. The van der Waals surface area contributed by atoms with E-state index in [9.17, 15) is 0 Å². The SMILES string of the molecule is Cc1cc(Nc2ncnc3cnc(NC4CCNCC4)nc23)ccc1Oc1ccn2ncnc2c1. The molecule has 0 atom stereocenters. The van der Waals surface area contributed by atoms with E-state index in [0.29, 0.717) is 34.6 Å². The fraction of sp³-hybridized carbons (Fsp3) is 0.250. The van der Waals surface area contributed by atoms with Crippen molar-refractivity contribution in [2.45, 2.75) is 25.8 Å². The molecule has 0 spiro atoms. The molecule has 1 saturated heterocycles. The van der Waals surface area contributed by atoms with Crippen molar-refractivity contribution in [1.82, 2.24) is 39.9 Å². The van der Waals surface area contributed by atoms with Crippen molar-refractivity contribution in [2.75, 3.05) is 23.7 Å². The summed E-state index contributed by atoms with van der Waals surface area (Å²) in [4.78, 5) is 22.1. The quantitative estimate of drug-likeness (QED) is 0.341. The Labute approximate surface area is 201 Å². The lowest BCUT2D eigenvalue weighted by molar-refractivity contribution is 0.477. The number of aromatic nitrogens is 7. The molecule has 0 amide bonds. The maximum atomic E-state index is 6.08. The van der Waals surface area contributed by atoms with Crippen LogP contribution in [0.2, 0.25) is 0 Å². The summed E-state index contributed by atoms with van der Waals surface area (Å²) in [6, 6.07) is 9.94. The molecular weight excluding hydrogens is 444 g/mol. The fourth-order valence-corrected chi connectivity index (χ4v) is 4.13. The van der Waals surface area contributed by atoms with Crippen LogP contribution >= 0.6 is 0 Å². The van der Waals surface area contributed by atoms with Crippen LogP contribution in [0.4, 0.5) is 17.5 Å². The maximum Gasteiger partial charge on any atom is 0.223 e. The smallest absolute Gasteiger partial charge is 0.223 e. The molecule has 1 aromatic carbocycles. The van der Waals surface area contributed by atoms with Crippen molar-refractivity contribution in [3.8, 4) is 11.5 Å². The van der Waals surface area contributed by atoms with Crippen molar-refractivity contribution in [3.05, 3.63) is 60.9 Å². The molecular formula is C24H24N10O. The highest BCUT2D eigenvalue weighted by molar-refractivity contribution is 5.87. The van der Waals surface area contributed by atoms with E-state index in [1.54, 1.807) is 10.7 Å². The number of hydrogen-bond acceptors (Lipinski definition) is 10. The van der Waals surface area contributed by atoms with Gasteiger partial charge in [0.05, 0.1) is 6.20 Å². The molecule has 6 rings (SSSR count). The van der Waals surface area contributed by atoms with E-state index in [1.807, 2.05) is 43.5 Å². The van der Waals surface area contributed by atoms with E-state index in [2.05, 4.69) is 41.0 Å². The molecule has 5 aromatic rings. The van der Waals surface area contributed by atoms with Crippen molar-refractivity contribution >= 4 is 34.1 Å². The molecule has 4 aromatic heterocycles. The number of ether oxygens (including phenoxy) is 1. The highest BCUT2D eigenvalue weighted by Crippen LogP contribution is 2.30. The number of pyridine rings is 1. The van der Waals surface area contributed by atoms with E-state index in [-0.39, 0.29) is 0 Å². The summed E-state index contributed by atoms with van der Waals surface area (Å²) in [5.74, 6) is 2.66. The van der Waals surface area contributed by atoms with Gasteiger partial charge in [-0.05, 0) is 62.7 Å². The van der Waals surface area contributed by atoms with Gasteiger partial charge in [-0.1, -0.05) is 0 Å². The molecule has 1 fully saturated rings. The predicted octanol–water partition coefficient (Wildman–Crippen LogP) is 3.47. The van der Waals surface area contributed by atoms with Crippen LogP contribution in [0.1, 0.15) is 18.4 Å². The maximum absolute atomic E-state index is 6.08. The van der Waals surface area contributed by atoms with Crippen LogP contribution in [0, 0.1) is 6.92 Å². The molecule has 0 radical (unpaired) electrons. The number of anilines is 3. The molecule has 0 unspecified atom stereocenters. The van der Waals surface area contributed by atoms with E-state index < -0.39 is 0 Å².